The zero-order valence-corrected chi connectivity index (χ0v) is 12.1. The zero-order chi connectivity index (χ0) is 13.2. The Kier molecular flexibility index (Phi) is 7.64. The lowest BCUT2D eigenvalue weighted by Crippen LogP contribution is -2.23. The van der Waals surface area contributed by atoms with E-state index in [2.05, 4.69) is 26.6 Å². The van der Waals surface area contributed by atoms with Crippen LogP contribution in [0.3, 0.4) is 0 Å². The Hall–Kier alpha value is -0.910. The van der Waals surface area contributed by atoms with Gasteiger partial charge in [-0.15, -0.1) is 0 Å². The number of carbonyl (C=O) groups is 1. The largest absolute Gasteiger partial charge is 0.385 e. The third-order valence-corrected chi connectivity index (χ3v) is 2.89. The van der Waals surface area contributed by atoms with Gasteiger partial charge >= 0.3 is 0 Å². The van der Waals surface area contributed by atoms with Gasteiger partial charge in [0.2, 0.25) is 5.91 Å². The molecule has 1 aromatic rings. The van der Waals surface area contributed by atoms with Crippen molar-refractivity contribution in [3.63, 3.8) is 0 Å². The van der Waals surface area contributed by atoms with Crippen LogP contribution >= 0.6 is 15.9 Å². The molecule has 1 aromatic carbocycles. The molecule has 0 saturated carbocycles. The summed E-state index contributed by atoms with van der Waals surface area (Å²) in [6.07, 6.45) is 1.44. The predicted octanol–water partition coefficient (Wildman–Crippen LogP) is 2.40. The van der Waals surface area contributed by atoms with Crippen molar-refractivity contribution in [2.24, 2.45) is 0 Å². The van der Waals surface area contributed by atoms with E-state index in [4.69, 9.17) is 4.74 Å². The van der Waals surface area contributed by atoms with E-state index in [1.807, 2.05) is 24.3 Å². The molecule has 2 N–H and O–H groups in total. The lowest BCUT2D eigenvalue weighted by atomic mass is 10.3. The van der Waals surface area contributed by atoms with E-state index in [0.29, 0.717) is 13.0 Å². The van der Waals surface area contributed by atoms with E-state index >= 15 is 0 Å². The van der Waals surface area contributed by atoms with Gasteiger partial charge in [0.05, 0.1) is 0 Å². The summed E-state index contributed by atoms with van der Waals surface area (Å²) in [6.45, 7) is 2.31. The van der Waals surface area contributed by atoms with Crippen molar-refractivity contribution in [1.29, 1.82) is 0 Å². The third kappa shape index (κ3) is 6.74. The Morgan fingerprint density at radius 2 is 2.00 bits per heavy atom. The Morgan fingerprint density at radius 1 is 1.28 bits per heavy atom. The van der Waals surface area contributed by atoms with Crippen LogP contribution in [-0.4, -0.2) is 32.7 Å². The molecule has 0 aliphatic carbocycles. The average Bonchev–Trinajstić information content (AvgIpc) is 2.36. The van der Waals surface area contributed by atoms with Crippen LogP contribution in [0, 0.1) is 0 Å². The number of halogens is 1. The van der Waals surface area contributed by atoms with Crippen molar-refractivity contribution >= 4 is 27.5 Å². The molecule has 0 aliphatic heterocycles. The number of hydrogen-bond acceptors (Lipinski definition) is 3. The SMILES string of the molecule is COCCCNCCC(=O)Nc1ccc(Br)cc1. The van der Waals surface area contributed by atoms with E-state index in [-0.39, 0.29) is 5.91 Å². The highest BCUT2D eigenvalue weighted by Gasteiger charge is 2.01. The molecule has 18 heavy (non-hydrogen) atoms. The number of hydrogen-bond donors (Lipinski definition) is 2. The fourth-order valence-corrected chi connectivity index (χ4v) is 1.69. The molecule has 0 saturated heterocycles. The van der Waals surface area contributed by atoms with E-state index in [0.717, 1.165) is 29.7 Å². The Morgan fingerprint density at radius 3 is 2.67 bits per heavy atom. The van der Waals surface area contributed by atoms with Gasteiger partial charge in [-0.2, -0.15) is 0 Å². The normalized spacial score (nSPS) is 10.3. The molecule has 5 heteroatoms. The molecule has 0 radical (unpaired) electrons. The van der Waals surface area contributed by atoms with Crippen LogP contribution in [0.15, 0.2) is 28.7 Å². The first-order valence-corrected chi connectivity index (χ1v) is 6.77. The fourth-order valence-electron chi connectivity index (χ4n) is 1.43. The number of rotatable bonds is 8. The molecule has 0 heterocycles. The number of amides is 1. The minimum atomic E-state index is 0.0246. The van der Waals surface area contributed by atoms with E-state index in [1.54, 1.807) is 7.11 Å². The Labute approximate surface area is 116 Å². The molecule has 0 bridgehead atoms. The maximum absolute atomic E-state index is 11.6. The van der Waals surface area contributed by atoms with Gasteiger partial charge in [-0.1, -0.05) is 15.9 Å². The highest BCUT2D eigenvalue weighted by Crippen LogP contribution is 2.14. The lowest BCUT2D eigenvalue weighted by molar-refractivity contribution is -0.116. The quantitative estimate of drug-likeness (QED) is 0.724. The van der Waals surface area contributed by atoms with Crippen LogP contribution in [0.25, 0.3) is 0 Å². The molecular weight excluding hydrogens is 296 g/mol. The van der Waals surface area contributed by atoms with Crippen LogP contribution in [-0.2, 0) is 9.53 Å². The summed E-state index contributed by atoms with van der Waals surface area (Å²) in [5.41, 5.74) is 0.822. The fraction of sp³-hybridized carbons (Fsp3) is 0.462. The van der Waals surface area contributed by atoms with Crippen LogP contribution < -0.4 is 10.6 Å². The van der Waals surface area contributed by atoms with Gasteiger partial charge < -0.3 is 15.4 Å². The molecular formula is C13H19BrN2O2. The van der Waals surface area contributed by atoms with Crippen LogP contribution in [0.1, 0.15) is 12.8 Å². The average molecular weight is 315 g/mol. The van der Waals surface area contributed by atoms with Crippen molar-refractivity contribution in [2.75, 3.05) is 32.1 Å². The highest BCUT2D eigenvalue weighted by atomic mass is 79.9. The monoisotopic (exact) mass is 314 g/mol. The molecule has 1 rings (SSSR count). The molecule has 1 amide bonds. The first kappa shape index (κ1) is 15.1. The topological polar surface area (TPSA) is 50.4 Å². The number of nitrogens with one attached hydrogen (secondary N) is 2. The number of methoxy groups -OCH3 is 1. The standard InChI is InChI=1S/C13H19BrN2O2/c1-18-10-2-8-15-9-7-13(17)16-12-5-3-11(14)4-6-12/h3-6,15H,2,7-10H2,1H3,(H,16,17). The smallest absolute Gasteiger partial charge is 0.225 e. The van der Waals surface area contributed by atoms with Gasteiger partial charge in [-0.05, 0) is 37.2 Å². The van der Waals surface area contributed by atoms with Crippen molar-refractivity contribution in [3.05, 3.63) is 28.7 Å². The number of benzene rings is 1. The number of ether oxygens (including phenoxy) is 1. The van der Waals surface area contributed by atoms with Gasteiger partial charge in [0.1, 0.15) is 0 Å². The molecule has 0 atom stereocenters. The lowest BCUT2D eigenvalue weighted by Gasteiger charge is -2.06. The third-order valence-electron chi connectivity index (χ3n) is 2.36. The minimum Gasteiger partial charge on any atom is -0.385 e. The maximum atomic E-state index is 11.6. The van der Waals surface area contributed by atoms with E-state index in [9.17, 15) is 4.79 Å². The Balaban J connectivity index is 2.12. The summed E-state index contributed by atoms with van der Waals surface area (Å²) >= 11 is 3.35. The summed E-state index contributed by atoms with van der Waals surface area (Å²) in [4.78, 5) is 11.6. The van der Waals surface area contributed by atoms with Crippen LogP contribution in [0.4, 0.5) is 5.69 Å². The first-order chi connectivity index (χ1) is 8.72. The van der Waals surface area contributed by atoms with E-state index in [1.165, 1.54) is 0 Å². The maximum Gasteiger partial charge on any atom is 0.225 e. The molecule has 0 aromatic heterocycles. The highest BCUT2D eigenvalue weighted by molar-refractivity contribution is 9.10. The van der Waals surface area contributed by atoms with Gasteiger partial charge in [0.25, 0.3) is 0 Å². The number of carbonyl (C=O) groups excluding carboxylic acids is 1. The summed E-state index contributed by atoms with van der Waals surface area (Å²) in [7, 11) is 1.69. The summed E-state index contributed by atoms with van der Waals surface area (Å²) < 4.78 is 5.94. The van der Waals surface area contributed by atoms with E-state index < -0.39 is 0 Å². The molecule has 0 aliphatic rings. The predicted molar refractivity (Wildman–Crippen MR) is 76.8 cm³/mol. The van der Waals surface area contributed by atoms with Gasteiger partial charge in [-0.25, -0.2) is 0 Å². The first-order valence-electron chi connectivity index (χ1n) is 5.97. The second-order valence-corrected chi connectivity index (χ2v) is 4.82. The molecule has 4 nitrogen and oxygen atoms in total. The molecule has 0 fully saturated rings. The summed E-state index contributed by atoms with van der Waals surface area (Å²) in [5.74, 6) is 0.0246. The van der Waals surface area contributed by atoms with Gasteiger partial charge in [0.15, 0.2) is 0 Å². The summed E-state index contributed by atoms with van der Waals surface area (Å²) in [5, 5.41) is 6.04. The van der Waals surface area contributed by atoms with Crippen molar-refractivity contribution in [2.45, 2.75) is 12.8 Å². The Bertz CT molecular complexity index is 355. The van der Waals surface area contributed by atoms with Crippen LogP contribution in [0.2, 0.25) is 0 Å². The van der Waals surface area contributed by atoms with Crippen molar-refractivity contribution in [3.8, 4) is 0 Å². The minimum absolute atomic E-state index is 0.0246. The molecule has 100 valence electrons. The van der Waals surface area contributed by atoms with Gasteiger partial charge in [0, 0.05) is 36.8 Å². The second kappa shape index (κ2) is 9.08. The summed E-state index contributed by atoms with van der Waals surface area (Å²) in [6, 6.07) is 7.54. The molecule has 0 spiro atoms. The number of anilines is 1. The zero-order valence-electron chi connectivity index (χ0n) is 10.5. The van der Waals surface area contributed by atoms with Crippen LogP contribution in [0.5, 0.6) is 0 Å². The molecule has 0 unspecified atom stereocenters. The second-order valence-electron chi connectivity index (χ2n) is 3.90. The van der Waals surface area contributed by atoms with Crippen molar-refractivity contribution in [1.82, 2.24) is 5.32 Å². The van der Waals surface area contributed by atoms with Gasteiger partial charge in [-0.3, -0.25) is 4.79 Å². The van der Waals surface area contributed by atoms with Crippen molar-refractivity contribution < 1.29 is 9.53 Å².